The molecule has 2 unspecified atom stereocenters. The summed E-state index contributed by atoms with van der Waals surface area (Å²) in [6, 6.07) is 60.4. The Morgan fingerprint density at radius 2 is 1.07 bits per heavy atom. The van der Waals surface area contributed by atoms with Crippen LogP contribution in [0.4, 0.5) is 45.5 Å². The van der Waals surface area contributed by atoms with E-state index in [4.69, 9.17) is 0 Å². The summed E-state index contributed by atoms with van der Waals surface area (Å²) in [7, 11) is -1.87. The smallest absolute Gasteiger partial charge is 0.264 e. The van der Waals surface area contributed by atoms with E-state index in [-0.39, 0.29) is 50.3 Å². The van der Waals surface area contributed by atoms with Crippen molar-refractivity contribution in [3.63, 3.8) is 0 Å². The summed E-state index contributed by atoms with van der Waals surface area (Å²) >= 11 is 2.03. The second kappa shape index (κ2) is 19.8. The van der Waals surface area contributed by atoms with Gasteiger partial charge < -0.3 is 14.7 Å². The monoisotopic (exact) mass is 1180 g/mol. The number of benzene rings is 7. The minimum absolute atomic E-state index is 0.00515. The molecule has 3 aliphatic carbocycles. The van der Waals surface area contributed by atoms with Crippen LogP contribution in [0.3, 0.4) is 0 Å². The average Bonchev–Trinajstić information content (AvgIpc) is 1.64. The summed E-state index contributed by atoms with van der Waals surface area (Å²) in [5.41, 5.74) is 22.2. The Morgan fingerprint density at radius 1 is 0.529 bits per heavy atom. The maximum atomic E-state index is 2.93. The highest BCUT2D eigenvalue weighted by Crippen LogP contribution is 2.59. The van der Waals surface area contributed by atoms with Crippen LogP contribution in [0, 0.1) is 10.8 Å². The number of hydrogen-bond acceptors (Lipinski definition) is 4. The number of anilines is 8. The van der Waals surface area contributed by atoms with Gasteiger partial charge in [-0.25, -0.2) is 0 Å². The van der Waals surface area contributed by atoms with E-state index < -0.39 is 13.5 Å². The normalized spacial score (nSPS) is 20.8. The maximum absolute atomic E-state index is 2.93. The molecular weight excluding hydrogens is 1090 g/mol. The lowest BCUT2D eigenvalue weighted by Crippen LogP contribution is -2.64. The third-order valence-corrected chi connectivity index (χ3v) is 29.4. The van der Waals surface area contributed by atoms with Crippen molar-refractivity contribution in [3.05, 3.63) is 203 Å². The summed E-state index contributed by atoms with van der Waals surface area (Å²) in [4.78, 5) is 8.23. The van der Waals surface area contributed by atoms with Crippen LogP contribution in [0.25, 0.3) is 10.1 Å². The van der Waals surface area contributed by atoms with E-state index in [1.807, 2.05) is 11.3 Å². The maximum Gasteiger partial charge on any atom is 0.264 e. The van der Waals surface area contributed by atoms with E-state index in [9.17, 15) is 0 Å². The Kier molecular flexibility index (Phi) is 13.6. The van der Waals surface area contributed by atoms with E-state index in [1.165, 1.54) is 98.4 Å². The molecule has 0 amide bonds. The van der Waals surface area contributed by atoms with Crippen LogP contribution in [0.2, 0.25) is 18.1 Å². The summed E-state index contributed by atoms with van der Waals surface area (Å²) < 4.78 is 2.76. The fourth-order valence-corrected chi connectivity index (χ4v) is 18.8. The molecule has 1 saturated carbocycles. The SMILES string of the molecule is CC1(C)CCC(C)(C)C2=CC(C)(c3ccccc3)C(N3c4cc5c(cc4B4c6sc7ccc(C(C)(C)C)cc7c6N(c6ccc(C(C)(C)C)cc6)c6cc(N(c7ccccc7)c7ccc([Si](C)(C)C(C)(C)C)cc7)cc3c64)C(C)(C)CCC5(C)C)C=C21. The zero-order chi connectivity index (χ0) is 62.1. The van der Waals surface area contributed by atoms with Gasteiger partial charge in [0, 0.05) is 54.4 Å². The molecule has 3 nitrogen and oxygen atoms in total. The molecule has 0 spiro atoms. The Balaban J connectivity index is 1.21. The van der Waals surface area contributed by atoms with Gasteiger partial charge in [0.1, 0.15) is 0 Å². The molecule has 2 aliphatic heterocycles. The molecule has 0 N–H and O–H groups in total. The van der Waals surface area contributed by atoms with Gasteiger partial charge >= 0.3 is 0 Å². The van der Waals surface area contributed by atoms with Crippen LogP contribution in [-0.2, 0) is 27.1 Å². The van der Waals surface area contributed by atoms with Gasteiger partial charge in [0.2, 0.25) is 0 Å². The summed E-state index contributed by atoms with van der Waals surface area (Å²) in [6.07, 6.45) is 10.2. The number of hydrogen-bond donors (Lipinski definition) is 0. The van der Waals surface area contributed by atoms with Gasteiger partial charge in [0.15, 0.2) is 0 Å². The summed E-state index contributed by atoms with van der Waals surface area (Å²) in [5, 5.41) is 3.01. The molecule has 0 radical (unpaired) electrons. The predicted molar refractivity (Wildman–Crippen MR) is 384 cm³/mol. The minimum Gasteiger partial charge on any atom is -0.334 e. The van der Waals surface area contributed by atoms with Crippen molar-refractivity contribution in [1.29, 1.82) is 0 Å². The van der Waals surface area contributed by atoms with Crippen molar-refractivity contribution in [2.75, 3.05) is 14.7 Å². The van der Waals surface area contributed by atoms with E-state index >= 15 is 0 Å². The van der Waals surface area contributed by atoms with E-state index in [0.717, 1.165) is 42.7 Å². The van der Waals surface area contributed by atoms with Crippen molar-refractivity contribution in [3.8, 4) is 0 Å². The lowest BCUT2D eigenvalue weighted by molar-refractivity contribution is 0.250. The predicted octanol–water partition coefficient (Wildman–Crippen LogP) is 20.8. The van der Waals surface area contributed by atoms with Gasteiger partial charge in [0.05, 0.1) is 25.5 Å². The molecule has 0 bridgehead atoms. The zero-order valence-electron chi connectivity index (χ0n) is 56.3. The highest BCUT2D eigenvalue weighted by atomic mass is 32.1. The van der Waals surface area contributed by atoms with E-state index in [2.05, 4.69) is 316 Å². The molecule has 87 heavy (non-hydrogen) atoms. The first kappa shape index (κ1) is 59.6. The van der Waals surface area contributed by atoms with Gasteiger partial charge in [0.25, 0.3) is 6.71 Å². The Bertz CT molecular complexity index is 4100. The molecule has 5 aliphatic rings. The van der Waals surface area contributed by atoms with E-state index in [0.29, 0.717) is 0 Å². The Morgan fingerprint density at radius 3 is 1.67 bits per heavy atom. The number of allylic oxidation sites excluding steroid dienone is 2. The molecule has 448 valence electrons. The third kappa shape index (κ3) is 9.52. The van der Waals surface area contributed by atoms with Crippen LogP contribution >= 0.6 is 11.3 Å². The van der Waals surface area contributed by atoms with Crippen molar-refractivity contribution in [1.82, 2.24) is 0 Å². The molecule has 3 heterocycles. The van der Waals surface area contributed by atoms with Crippen LogP contribution in [0.5, 0.6) is 0 Å². The lowest BCUT2D eigenvalue weighted by atomic mass is 9.35. The first-order valence-electron chi connectivity index (χ1n) is 32.7. The molecule has 8 aromatic rings. The van der Waals surface area contributed by atoms with Crippen molar-refractivity contribution < 1.29 is 0 Å². The van der Waals surface area contributed by atoms with Crippen LogP contribution in [0.15, 0.2) is 175 Å². The highest BCUT2D eigenvalue weighted by Gasteiger charge is 2.54. The first-order valence-corrected chi connectivity index (χ1v) is 36.6. The Hall–Kier alpha value is -6.34. The fraction of sp³-hybridized carbons (Fsp3) is 0.407. The van der Waals surface area contributed by atoms with Crippen LogP contribution < -0.4 is 35.6 Å². The van der Waals surface area contributed by atoms with Crippen molar-refractivity contribution >= 4 is 103 Å². The fourth-order valence-electron chi connectivity index (χ4n) is 15.6. The first-order chi connectivity index (χ1) is 40.6. The van der Waals surface area contributed by atoms with Gasteiger partial charge in [-0.3, -0.25) is 0 Å². The van der Waals surface area contributed by atoms with Gasteiger partial charge in [-0.15, -0.1) is 11.3 Å². The molecule has 6 heteroatoms. The topological polar surface area (TPSA) is 9.72 Å². The van der Waals surface area contributed by atoms with Crippen LogP contribution in [0.1, 0.15) is 178 Å². The van der Waals surface area contributed by atoms with Gasteiger partial charge in [-0.2, -0.15) is 0 Å². The van der Waals surface area contributed by atoms with Crippen LogP contribution in [-0.4, -0.2) is 20.8 Å². The van der Waals surface area contributed by atoms with Crippen molar-refractivity contribution in [2.24, 2.45) is 10.8 Å². The van der Waals surface area contributed by atoms with E-state index in [1.54, 1.807) is 0 Å². The molecule has 7 aromatic carbocycles. The lowest BCUT2D eigenvalue weighted by Gasteiger charge is -2.55. The Labute approximate surface area is 529 Å². The number of para-hydroxylation sites is 1. The third-order valence-electron chi connectivity index (χ3n) is 22.7. The molecule has 13 rings (SSSR count). The van der Waals surface area contributed by atoms with Gasteiger partial charge in [-0.05, 0) is 187 Å². The quantitative estimate of drug-likeness (QED) is 0.147. The largest absolute Gasteiger partial charge is 0.334 e. The highest BCUT2D eigenvalue weighted by molar-refractivity contribution is 7.33. The minimum atomic E-state index is -1.87. The zero-order valence-corrected chi connectivity index (χ0v) is 58.1. The van der Waals surface area contributed by atoms with Gasteiger partial charge in [-0.1, -0.05) is 233 Å². The second-order valence-electron chi connectivity index (χ2n) is 33.4. The van der Waals surface area contributed by atoms with Crippen molar-refractivity contribution in [2.45, 2.75) is 202 Å². The summed E-state index contributed by atoms with van der Waals surface area (Å²) in [6.45, 7) is 49.2. The second-order valence-corrected chi connectivity index (χ2v) is 39.8. The summed E-state index contributed by atoms with van der Waals surface area (Å²) in [5.74, 6) is 0. The number of rotatable bonds is 7. The number of thiophene rings is 1. The molecule has 1 aromatic heterocycles. The average molecular weight is 1180 g/mol. The molecule has 0 saturated heterocycles. The number of nitrogens with zero attached hydrogens (tertiary/aromatic N) is 3. The number of fused-ring (bicyclic) bond motifs is 8. The standard InChI is InChI=1S/C81H96BN3SSi/c1-74(2,3)52-31-34-57(35-32-52)84-67-46-58(83(55-29-25-22-26-30-55)56-36-38-59(39-37-56)87(19,20)76(7,8)9)47-68-71(67)82(73-72(84)60-45-54(75(4,5)6)33-40-69(60)86-73)65-48-61-62(78(12,13)42-41-77(61,10)11)49-66(65)85(68)70-50-63-64(80(16,17)44-43-79(63,14)15)51-81(70,18)53-27-23-21-24-28-53/h21-40,45-51,70H,41-44H2,1-20H3. The molecule has 2 atom stereocenters. The molecule has 1 fully saturated rings. The molecular formula is C81H96BN3SSi.